The molecule has 0 fully saturated rings. The smallest absolute Gasteiger partial charge is 0.171 e. The van der Waals surface area contributed by atoms with Crippen molar-refractivity contribution in [2.45, 2.75) is 13.3 Å². The minimum atomic E-state index is 0.0396. The van der Waals surface area contributed by atoms with Crippen molar-refractivity contribution in [1.29, 1.82) is 0 Å². The fraction of sp³-hybridized carbons (Fsp3) is 0.182. The van der Waals surface area contributed by atoms with E-state index < -0.39 is 0 Å². The Hall–Kier alpha value is -2.74. The number of H-pyrrole nitrogens is 1. The zero-order valence-corrected chi connectivity index (χ0v) is 19.2. The Bertz CT molecular complexity index is 1320. The zero-order chi connectivity index (χ0) is 22.1. The monoisotopic (exact) mass is 471 g/mol. The van der Waals surface area contributed by atoms with Crippen LogP contribution in [0.5, 0.6) is 5.75 Å². The van der Waals surface area contributed by atoms with Crippen molar-refractivity contribution in [2.24, 2.45) is 12.0 Å². The van der Waals surface area contributed by atoms with E-state index in [1.807, 2.05) is 18.2 Å². The first-order valence-corrected chi connectivity index (χ1v) is 10.7. The third kappa shape index (κ3) is 4.49. The molecule has 0 saturated carbocycles. The van der Waals surface area contributed by atoms with E-state index in [4.69, 9.17) is 35.4 Å². The molecule has 0 unspecified atom stereocenters. The molecule has 31 heavy (non-hydrogen) atoms. The van der Waals surface area contributed by atoms with E-state index in [2.05, 4.69) is 20.3 Å². The summed E-state index contributed by atoms with van der Waals surface area (Å²) in [6.45, 7) is 2.17. The van der Waals surface area contributed by atoms with Crippen molar-refractivity contribution in [1.82, 2.24) is 20.0 Å². The summed E-state index contributed by atoms with van der Waals surface area (Å²) in [6.07, 6.45) is 2.42. The highest BCUT2D eigenvalue weighted by Gasteiger charge is 2.19. The average molecular weight is 472 g/mol. The number of hydrogen-bond donors (Lipinski definition) is 2. The van der Waals surface area contributed by atoms with Crippen LogP contribution in [0.15, 0.2) is 47.6 Å². The molecular weight excluding hydrogens is 453 g/mol. The van der Waals surface area contributed by atoms with Gasteiger partial charge in [-0.25, -0.2) is 0 Å². The first kappa shape index (κ1) is 21.5. The third-order valence-corrected chi connectivity index (χ3v) is 5.97. The molecule has 2 N–H and O–H groups in total. The van der Waals surface area contributed by atoms with Gasteiger partial charge in [-0.05, 0) is 30.7 Å². The van der Waals surface area contributed by atoms with E-state index in [0.29, 0.717) is 45.7 Å². The molecule has 0 aliphatic rings. The van der Waals surface area contributed by atoms with Crippen molar-refractivity contribution in [3.05, 3.63) is 63.9 Å². The van der Waals surface area contributed by atoms with Gasteiger partial charge in [-0.2, -0.15) is 10.2 Å². The van der Waals surface area contributed by atoms with Gasteiger partial charge in [-0.15, -0.1) is 0 Å². The minimum Gasteiger partial charge on any atom is -0.504 e. The van der Waals surface area contributed by atoms with Crippen LogP contribution in [-0.4, -0.2) is 42.2 Å². The number of rotatable bonds is 6. The SMILES string of the molecule is CC(=NCC(=S)Cc1ccc2cn[nH]c2c1)c1nn(C)c(-c2ccc(Cl)c(Cl)c2)c1O. The molecule has 2 aromatic heterocycles. The van der Waals surface area contributed by atoms with Crippen molar-refractivity contribution in [3.63, 3.8) is 0 Å². The second kappa shape index (κ2) is 8.78. The Morgan fingerprint density at radius 2 is 2.00 bits per heavy atom. The van der Waals surface area contributed by atoms with Crippen LogP contribution in [-0.2, 0) is 13.5 Å². The van der Waals surface area contributed by atoms with E-state index in [0.717, 1.165) is 21.3 Å². The van der Waals surface area contributed by atoms with Crippen LogP contribution in [0, 0.1) is 0 Å². The number of fused-ring (bicyclic) bond motifs is 1. The molecule has 158 valence electrons. The standard InChI is InChI=1S/C22H19Cl2N5OS/c1-12(25-11-16(31)7-13-3-4-15-10-26-27-19(15)8-13)20-22(30)21(29(2)28-20)14-5-6-17(23)18(24)9-14/h3-6,8-10,30H,7,11H2,1-2H3,(H,26,27). The summed E-state index contributed by atoms with van der Waals surface area (Å²) in [5, 5.41) is 24.1. The van der Waals surface area contributed by atoms with Crippen LogP contribution < -0.4 is 0 Å². The van der Waals surface area contributed by atoms with Gasteiger partial charge < -0.3 is 5.11 Å². The topological polar surface area (TPSA) is 79.1 Å². The van der Waals surface area contributed by atoms with E-state index in [9.17, 15) is 5.11 Å². The van der Waals surface area contributed by atoms with Crippen molar-refractivity contribution >= 4 is 56.9 Å². The number of nitrogens with zero attached hydrogens (tertiary/aromatic N) is 4. The largest absolute Gasteiger partial charge is 0.504 e. The van der Waals surface area contributed by atoms with Crippen LogP contribution in [0.2, 0.25) is 10.0 Å². The number of halogens is 2. The van der Waals surface area contributed by atoms with Gasteiger partial charge >= 0.3 is 0 Å². The Balaban J connectivity index is 1.51. The summed E-state index contributed by atoms with van der Waals surface area (Å²) >= 11 is 17.7. The summed E-state index contributed by atoms with van der Waals surface area (Å²) < 4.78 is 1.60. The lowest BCUT2D eigenvalue weighted by atomic mass is 10.1. The highest BCUT2D eigenvalue weighted by Crippen LogP contribution is 2.35. The second-order valence-corrected chi connectivity index (χ2v) is 8.60. The van der Waals surface area contributed by atoms with E-state index in [1.165, 1.54) is 0 Å². The molecule has 4 aromatic rings. The molecule has 0 aliphatic carbocycles. The maximum absolute atomic E-state index is 10.8. The Morgan fingerprint density at radius 1 is 1.19 bits per heavy atom. The van der Waals surface area contributed by atoms with Crippen molar-refractivity contribution < 1.29 is 5.11 Å². The molecule has 0 spiro atoms. The summed E-state index contributed by atoms with van der Waals surface area (Å²) in [7, 11) is 1.75. The maximum Gasteiger partial charge on any atom is 0.171 e. The number of aromatic amines is 1. The fourth-order valence-corrected chi connectivity index (χ4v) is 3.91. The minimum absolute atomic E-state index is 0.0396. The van der Waals surface area contributed by atoms with Gasteiger partial charge in [0.2, 0.25) is 0 Å². The summed E-state index contributed by atoms with van der Waals surface area (Å²) in [4.78, 5) is 5.35. The lowest BCUT2D eigenvalue weighted by Crippen LogP contribution is -2.07. The highest BCUT2D eigenvalue weighted by molar-refractivity contribution is 7.80. The number of nitrogens with one attached hydrogen (secondary N) is 1. The van der Waals surface area contributed by atoms with Gasteiger partial charge in [0.25, 0.3) is 0 Å². The fourth-order valence-electron chi connectivity index (χ4n) is 3.38. The molecule has 0 radical (unpaired) electrons. The van der Waals surface area contributed by atoms with Gasteiger partial charge in [-0.3, -0.25) is 14.8 Å². The maximum atomic E-state index is 10.8. The average Bonchev–Trinajstić information content (AvgIpc) is 3.32. The number of hydrogen-bond acceptors (Lipinski definition) is 5. The number of aromatic nitrogens is 4. The van der Waals surface area contributed by atoms with Crippen molar-refractivity contribution in [3.8, 4) is 17.0 Å². The number of aromatic hydroxyl groups is 1. The summed E-state index contributed by atoms with van der Waals surface area (Å²) in [5.74, 6) is 0.0396. The number of thiocarbonyl (C=S) groups is 1. The number of benzene rings is 2. The third-order valence-electron chi connectivity index (χ3n) is 4.96. The molecule has 4 rings (SSSR count). The van der Waals surface area contributed by atoms with Crippen LogP contribution in [0.4, 0.5) is 0 Å². The lowest BCUT2D eigenvalue weighted by Gasteiger charge is -2.05. The number of aryl methyl sites for hydroxylation is 1. The van der Waals surface area contributed by atoms with Crippen LogP contribution >= 0.6 is 35.4 Å². The van der Waals surface area contributed by atoms with Gasteiger partial charge in [0.15, 0.2) is 5.75 Å². The molecule has 2 heterocycles. The molecule has 0 atom stereocenters. The number of aliphatic imine (C=N–C) groups is 1. The molecule has 6 nitrogen and oxygen atoms in total. The summed E-state index contributed by atoms with van der Waals surface area (Å²) in [5.41, 5.74) is 4.34. The predicted molar refractivity (Wildman–Crippen MR) is 130 cm³/mol. The lowest BCUT2D eigenvalue weighted by molar-refractivity contribution is 0.475. The molecule has 2 aromatic carbocycles. The van der Waals surface area contributed by atoms with Crippen LogP contribution in [0.25, 0.3) is 22.2 Å². The van der Waals surface area contributed by atoms with Gasteiger partial charge in [0.1, 0.15) is 11.4 Å². The normalized spacial score (nSPS) is 11.9. The molecule has 9 heteroatoms. The molecule has 0 bridgehead atoms. The van der Waals surface area contributed by atoms with E-state index >= 15 is 0 Å². The van der Waals surface area contributed by atoms with E-state index in [-0.39, 0.29) is 5.75 Å². The predicted octanol–water partition coefficient (Wildman–Crippen LogP) is 5.40. The quantitative estimate of drug-likeness (QED) is 0.291. The highest BCUT2D eigenvalue weighted by atomic mass is 35.5. The Morgan fingerprint density at radius 3 is 2.77 bits per heavy atom. The van der Waals surface area contributed by atoms with Gasteiger partial charge in [-0.1, -0.05) is 53.6 Å². The van der Waals surface area contributed by atoms with Gasteiger partial charge in [0.05, 0.1) is 34.0 Å². The first-order valence-electron chi connectivity index (χ1n) is 9.50. The zero-order valence-electron chi connectivity index (χ0n) is 16.9. The Kier molecular flexibility index (Phi) is 6.09. The van der Waals surface area contributed by atoms with Crippen LogP contribution in [0.1, 0.15) is 18.2 Å². The molecule has 0 amide bonds. The van der Waals surface area contributed by atoms with Crippen molar-refractivity contribution in [2.75, 3.05) is 6.54 Å². The molecule has 0 aliphatic heterocycles. The summed E-state index contributed by atoms with van der Waals surface area (Å²) in [6, 6.07) is 11.3. The molecule has 0 saturated heterocycles. The van der Waals surface area contributed by atoms with Gasteiger partial charge in [0, 0.05) is 29.3 Å². The Labute approximate surface area is 194 Å². The van der Waals surface area contributed by atoms with E-state index in [1.54, 1.807) is 43.0 Å². The first-order chi connectivity index (χ1) is 14.8. The van der Waals surface area contributed by atoms with Crippen LogP contribution in [0.3, 0.4) is 0 Å². The molecular formula is C22H19Cl2N5OS. The second-order valence-electron chi connectivity index (χ2n) is 7.21.